The van der Waals surface area contributed by atoms with Gasteiger partial charge in [0.05, 0.1) is 0 Å². The molecule has 0 fully saturated rings. The van der Waals surface area contributed by atoms with Crippen molar-refractivity contribution in [2.24, 2.45) is 5.92 Å². The van der Waals surface area contributed by atoms with Gasteiger partial charge >= 0.3 is 0 Å². The van der Waals surface area contributed by atoms with Crippen LogP contribution in [0.25, 0.3) is 6.08 Å². The first-order chi connectivity index (χ1) is 11.0. The van der Waals surface area contributed by atoms with E-state index in [1.807, 2.05) is 25.2 Å². The van der Waals surface area contributed by atoms with E-state index in [0.717, 1.165) is 5.92 Å². The third-order valence-corrected chi connectivity index (χ3v) is 5.16. The average Bonchev–Trinajstić information content (AvgIpc) is 2.81. The Bertz CT molecular complexity index is 423. The van der Waals surface area contributed by atoms with Crippen molar-refractivity contribution in [1.82, 2.24) is 0 Å². The van der Waals surface area contributed by atoms with E-state index in [9.17, 15) is 0 Å². The van der Waals surface area contributed by atoms with Gasteiger partial charge in [-0.05, 0) is 57.2 Å². The predicted molar refractivity (Wildman–Crippen MR) is 111 cm³/mol. The number of unbranched alkanes of at least 4 members (excludes halogenated alkanes) is 5. The van der Waals surface area contributed by atoms with Crippen molar-refractivity contribution in [2.45, 2.75) is 99.8 Å². The van der Waals surface area contributed by atoms with E-state index in [1.165, 1.54) is 66.7 Å². The molecular weight excluding hydrogens is 296 g/mol. The Balaban J connectivity index is 0.00000232. The van der Waals surface area contributed by atoms with Crippen molar-refractivity contribution >= 4 is 17.4 Å². The van der Waals surface area contributed by atoms with E-state index in [-0.39, 0.29) is 0 Å². The first-order valence-electron chi connectivity index (χ1n) is 9.73. The Labute approximate surface area is 150 Å². The molecule has 0 atom stereocenters. The minimum Gasteiger partial charge on any atom is -0.141 e. The lowest BCUT2D eigenvalue weighted by atomic mass is 10.0. The van der Waals surface area contributed by atoms with Crippen LogP contribution in [0.4, 0.5) is 0 Å². The highest BCUT2D eigenvalue weighted by Crippen LogP contribution is 2.25. The maximum absolute atomic E-state index is 2.40. The van der Waals surface area contributed by atoms with E-state index in [1.54, 1.807) is 5.57 Å². The van der Waals surface area contributed by atoms with Crippen LogP contribution in [0.2, 0.25) is 0 Å². The zero-order valence-electron chi connectivity index (χ0n) is 16.8. The van der Waals surface area contributed by atoms with Gasteiger partial charge in [-0.3, -0.25) is 0 Å². The molecule has 0 N–H and O–H groups in total. The number of hydrogen-bond donors (Lipinski definition) is 0. The van der Waals surface area contributed by atoms with E-state index in [2.05, 4.69) is 46.8 Å². The molecule has 0 saturated heterocycles. The monoisotopic (exact) mass is 336 g/mol. The second-order valence-corrected chi connectivity index (χ2v) is 8.24. The van der Waals surface area contributed by atoms with Gasteiger partial charge in [-0.1, -0.05) is 71.8 Å². The molecule has 0 nitrogen and oxygen atoms in total. The molecule has 0 aliphatic carbocycles. The van der Waals surface area contributed by atoms with Gasteiger partial charge in [-0.25, -0.2) is 0 Å². The molecule has 0 radical (unpaired) electrons. The quantitative estimate of drug-likeness (QED) is 0.375. The Hall–Kier alpha value is -0.560. The minimum absolute atomic E-state index is 0.877. The van der Waals surface area contributed by atoms with E-state index in [0.29, 0.717) is 0 Å². The highest BCUT2D eigenvalue weighted by Gasteiger charge is 2.01. The Kier molecular flexibility index (Phi) is 13.5. The average molecular weight is 337 g/mol. The summed E-state index contributed by atoms with van der Waals surface area (Å²) in [7, 11) is 0. The van der Waals surface area contributed by atoms with E-state index >= 15 is 0 Å². The number of thiophene rings is 1. The minimum atomic E-state index is 0.877. The smallest absolute Gasteiger partial charge is 0.0301 e. The van der Waals surface area contributed by atoms with Crippen LogP contribution in [0.15, 0.2) is 11.6 Å². The molecule has 1 rings (SSSR count). The van der Waals surface area contributed by atoms with Crippen molar-refractivity contribution < 1.29 is 0 Å². The zero-order chi connectivity index (χ0) is 17.7. The van der Waals surface area contributed by atoms with Crippen LogP contribution in [0, 0.1) is 19.8 Å². The van der Waals surface area contributed by atoms with Crippen LogP contribution in [0.3, 0.4) is 0 Å². The summed E-state index contributed by atoms with van der Waals surface area (Å²) in [6.07, 6.45) is 13.5. The van der Waals surface area contributed by atoms with Crippen LogP contribution < -0.4 is 0 Å². The molecule has 0 aliphatic rings. The molecule has 0 unspecified atom stereocenters. The molecule has 134 valence electrons. The molecule has 0 bridgehead atoms. The molecule has 23 heavy (non-hydrogen) atoms. The lowest BCUT2D eigenvalue weighted by Gasteiger charge is -2.05. The Morgan fingerprint density at radius 1 is 1.00 bits per heavy atom. The van der Waals surface area contributed by atoms with Crippen LogP contribution in [0.1, 0.15) is 101 Å². The first-order valence-corrected chi connectivity index (χ1v) is 10.5. The maximum Gasteiger partial charge on any atom is 0.0301 e. The van der Waals surface area contributed by atoms with Crippen LogP contribution in [-0.2, 0) is 0 Å². The van der Waals surface area contributed by atoms with Crippen LogP contribution in [0.5, 0.6) is 0 Å². The zero-order valence-corrected chi connectivity index (χ0v) is 17.6. The number of aryl methyl sites for hydroxylation is 2. The topological polar surface area (TPSA) is 0 Å². The van der Waals surface area contributed by atoms with Gasteiger partial charge in [-0.2, -0.15) is 0 Å². The lowest BCUT2D eigenvalue weighted by Crippen LogP contribution is -1.87. The number of hydrogen-bond acceptors (Lipinski definition) is 1. The van der Waals surface area contributed by atoms with Gasteiger partial charge in [0, 0.05) is 9.75 Å². The van der Waals surface area contributed by atoms with Crippen LogP contribution >= 0.6 is 11.3 Å². The third kappa shape index (κ3) is 11.6. The number of allylic oxidation sites excluding steroid dienone is 1. The van der Waals surface area contributed by atoms with Crippen molar-refractivity contribution in [3.8, 4) is 0 Å². The molecule has 0 spiro atoms. The largest absolute Gasteiger partial charge is 0.141 e. The molecule has 0 amide bonds. The summed E-state index contributed by atoms with van der Waals surface area (Å²) in [5, 5.41) is 0. The first kappa shape index (κ1) is 22.4. The van der Waals surface area contributed by atoms with Gasteiger partial charge in [-0.15, -0.1) is 11.3 Å². The van der Waals surface area contributed by atoms with Gasteiger partial charge in [0.1, 0.15) is 0 Å². The summed E-state index contributed by atoms with van der Waals surface area (Å²) >= 11 is 1.92. The van der Waals surface area contributed by atoms with Crippen molar-refractivity contribution in [3.63, 3.8) is 0 Å². The van der Waals surface area contributed by atoms with E-state index < -0.39 is 0 Å². The molecule has 1 aromatic heterocycles. The fourth-order valence-electron chi connectivity index (χ4n) is 2.76. The van der Waals surface area contributed by atoms with Gasteiger partial charge < -0.3 is 0 Å². The van der Waals surface area contributed by atoms with E-state index in [4.69, 9.17) is 0 Å². The molecular formula is C22H40S. The molecule has 1 heterocycles. The molecule has 1 aromatic rings. The standard InChI is InChI=1S/C20H34S.C2H6/c1-16(2)12-10-8-6-7-9-11-13-17(3)14-20-18(4)15-19(5)21-20;1-2/h14-16H,6-13H2,1-5H3;1-2H3/b17-14+;. The fourth-order valence-corrected chi connectivity index (χ4v) is 3.82. The molecule has 0 saturated carbocycles. The summed E-state index contributed by atoms with van der Waals surface area (Å²) in [6.45, 7) is 15.4. The fraction of sp³-hybridized carbons (Fsp3) is 0.727. The maximum atomic E-state index is 2.40. The third-order valence-electron chi connectivity index (χ3n) is 4.06. The summed E-state index contributed by atoms with van der Waals surface area (Å²) < 4.78 is 0. The van der Waals surface area contributed by atoms with Crippen molar-refractivity contribution in [3.05, 3.63) is 27.0 Å². The van der Waals surface area contributed by atoms with Crippen molar-refractivity contribution in [2.75, 3.05) is 0 Å². The van der Waals surface area contributed by atoms with Gasteiger partial charge in [0.2, 0.25) is 0 Å². The van der Waals surface area contributed by atoms with Crippen LogP contribution in [-0.4, -0.2) is 0 Å². The van der Waals surface area contributed by atoms with Crippen molar-refractivity contribution in [1.29, 1.82) is 0 Å². The molecule has 0 aromatic carbocycles. The predicted octanol–water partition coefficient (Wildman–Crippen LogP) is 8.57. The highest BCUT2D eigenvalue weighted by molar-refractivity contribution is 7.13. The van der Waals surface area contributed by atoms with Gasteiger partial charge in [0.25, 0.3) is 0 Å². The summed E-state index contributed by atoms with van der Waals surface area (Å²) in [6, 6.07) is 2.29. The second kappa shape index (κ2) is 13.8. The summed E-state index contributed by atoms with van der Waals surface area (Å²) in [5.41, 5.74) is 2.97. The molecule has 0 aliphatic heterocycles. The summed E-state index contributed by atoms with van der Waals surface area (Å²) in [4.78, 5) is 2.88. The normalized spacial score (nSPS) is 11.6. The SMILES string of the molecule is C/C(=C\c1sc(C)cc1C)CCCCCCCCC(C)C.CC. The molecule has 1 heteroatoms. The summed E-state index contributed by atoms with van der Waals surface area (Å²) in [5.74, 6) is 0.877. The van der Waals surface area contributed by atoms with Gasteiger partial charge in [0.15, 0.2) is 0 Å². The Morgan fingerprint density at radius 2 is 1.57 bits per heavy atom. The highest BCUT2D eigenvalue weighted by atomic mass is 32.1. The second-order valence-electron chi connectivity index (χ2n) is 6.95. The Morgan fingerprint density at radius 3 is 2.09 bits per heavy atom. The number of rotatable bonds is 10. The lowest BCUT2D eigenvalue weighted by molar-refractivity contribution is 0.511.